The van der Waals surface area contributed by atoms with Gasteiger partial charge in [-0.05, 0) is 55.7 Å². The van der Waals surface area contributed by atoms with Gasteiger partial charge in [-0.3, -0.25) is 4.79 Å². The van der Waals surface area contributed by atoms with Gasteiger partial charge < -0.3 is 14.8 Å². The number of thioether (sulfide) groups is 1. The van der Waals surface area contributed by atoms with Gasteiger partial charge in [-0.2, -0.15) is 0 Å². The van der Waals surface area contributed by atoms with Crippen LogP contribution in [-0.4, -0.2) is 24.6 Å². The topological polar surface area (TPSA) is 64.6 Å². The molecular formula is C20H21NO4S. The number of rotatable bonds is 8. The molecule has 2 aromatic rings. The van der Waals surface area contributed by atoms with Crippen LogP contribution < -0.4 is 10.1 Å². The predicted octanol–water partition coefficient (Wildman–Crippen LogP) is 4.26. The number of esters is 1. The lowest BCUT2D eigenvalue weighted by molar-refractivity contribution is -0.148. The summed E-state index contributed by atoms with van der Waals surface area (Å²) in [7, 11) is 0. The summed E-state index contributed by atoms with van der Waals surface area (Å²) in [6.45, 7) is 4.01. The summed E-state index contributed by atoms with van der Waals surface area (Å²) in [6.07, 6.45) is 0.402. The van der Waals surface area contributed by atoms with E-state index in [9.17, 15) is 9.59 Å². The van der Waals surface area contributed by atoms with Crippen molar-refractivity contribution < 1.29 is 19.1 Å². The molecule has 0 bridgehead atoms. The SMILES string of the molecule is CCOc1ccc(NC(=O)[C@@H](C)OC(=O)/C=C/Sc2ccccc2)cc1. The molecule has 1 N–H and O–H groups in total. The zero-order valence-electron chi connectivity index (χ0n) is 14.7. The summed E-state index contributed by atoms with van der Waals surface area (Å²) < 4.78 is 10.5. The normalized spacial score (nSPS) is 11.8. The fraction of sp³-hybridized carbons (Fsp3) is 0.200. The van der Waals surface area contributed by atoms with Crippen LogP contribution in [0.5, 0.6) is 5.75 Å². The van der Waals surface area contributed by atoms with E-state index in [0.717, 1.165) is 10.6 Å². The Morgan fingerprint density at radius 3 is 2.46 bits per heavy atom. The van der Waals surface area contributed by atoms with Crippen molar-refractivity contribution in [3.05, 3.63) is 66.1 Å². The second-order valence-electron chi connectivity index (χ2n) is 5.26. The molecule has 0 aliphatic rings. The van der Waals surface area contributed by atoms with Crippen molar-refractivity contribution in [3.8, 4) is 5.75 Å². The molecule has 5 nitrogen and oxygen atoms in total. The van der Waals surface area contributed by atoms with Crippen LogP contribution in [0.3, 0.4) is 0 Å². The lowest BCUT2D eigenvalue weighted by atomic mass is 10.3. The highest BCUT2D eigenvalue weighted by molar-refractivity contribution is 8.02. The highest BCUT2D eigenvalue weighted by Gasteiger charge is 2.16. The quantitative estimate of drug-likeness (QED) is 0.427. The molecule has 136 valence electrons. The number of benzene rings is 2. The molecule has 0 aliphatic carbocycles. The minimum atomic E-state index is -0.902. The average Bonchev–Trinajstić information content (AvgIpc) is 2.64. The molecule has 0 aromatic heterocycles. The standard InChI is InChI=1S/C20H21NO4S/c1-3-24-17-11-9-16(10-12-17)21-20(23)15(2)25-19(22)13-14-26-18-7-5-4-6-8-18/h4-15H,3H2,1-2H3,(H,21,23)/b14-13+/t15-/m1/s1. The lowest BCUT2D eigenvalue weighted by Crippen LogP contribution is -2.29. The Bertz CT molecular complexity index is 744. The number of hydrogen-bond acceptors (Lipinski definition) is 5. The van der Waals surface area contributed by atoms with E-state index < -0.39 is 18.0 Å². The van der Waals surface area contributed by atoms with Crippen LogP contribution >= 0.6 is 11.8 Å². The lowest BCUT2D eigenvalue weighted by Gasteiger charge is -2.12. The molecule has 0 heterocycles. The van der Waals surface area contributed by atoms with E-state index in [2.05, 4.69) is 5.32 Å². The van der Waals surface area contributed by atoms with Crippen molar-refractivity contribution in [2.75, 3.05) is 11.9 Å². The Hall–Kier alpha value is -2.73. The molecular weight excluding hydrogens is 350 g/mol. The molecule has 1 amide bonds. The van der Waals surface area contributed by atoms with Gasteiger partial charge in [-0.1, -0.05) is 30.0 Å². The summed E-state index contributed by atoms with van der Waals surface area (Å²) in [4.78, 5) is 24.9. The van der Waals surface area contributed by atoms with Crippen LogP contribution in [0.2, 0.25) is 0 Å². The van der Waals surface area contributed by atoms with Crippen molar-refractivity contribution in [3.63, 3.8) is 0 Å². The first kappa shape index (κ1) is 19.6. The molecule has 0 spiro atoms. The number of anilines is 1. The van der Waals surface area contributed by atoms with Gasteiger partial charge in [-0.15, -0.1) is 0 Å². The first-order valence-corrected chi connectivity index (χ1v) is 9.09. The third-order valence-corrected chi connectivity index (χ3v) is 4.06. The van der Waals surface area contributed by atoms with E-state index in [1.165, 1.54) is 24.8 Å². The van der Waals surface area contributed by atoms with E-state index in [1.54, 1.807) is 29.7 Å². The molecule has 0 aliphatic heterocycles. The van der Waals surface area contributed by atoms with Crippen LogP contribution in [0.25, 0.3) is 0 Å². The molecule has 2 rings (SSSR count). The van der Waals surface area contributed by atoms with Crippen molar-refractivity contribution in [2.45, 2.75) is 24.8 Å². The van der Waals surface area contributed by atoms with Crippen molar-refractivity contribution >= 4 is 29.3 Å². The number of amides is 1. The predicted molar refractivity (Wildman–Crippen MR) is 103 cm³/mol. The highest BCUT2D eigenvalue weighted by Crippen LogP contribution is 2.18. The van der Waals surface area contributed by atoms with Crippen molar-refractivity contribution in [1.82, 2.24) is 0 Å². The summed E-state index contributed by atoms with van der Waals surface area (Å²) in [6, 6.07) is 16.6. The van der Waals surface area contributed by atoms with Crippen LogP contribution in [0.1, 0.15) is 13.8 Å². The zero-order valence-corrected chi connectivity index (χ0v) is 15.5. The molecule has 0 saturated carbocycles. The number of carbonyl (C=O) groups is 2. The summed E-state index contributed by atoms with van der Waals surface area (Å²) in [5.41, 5.74) is 0.608. The first-order chi connectivity index (χ1) is 12.6. The van der Waals surface area contributed by atoms with Crippen LogP contribution in [0.4, 0.5) is 5.69 Å². The Balaban J connectivity index is 1.79. The second-order valence-corrected chi connectivity index (χ2v) is 6.24. The third kappa shape index (κ3) is 6.64. The van der Waals surface area contributed by atoms with Gasteiger partial charge >= 0.3 is 5.97 Å². The second kappa shape index (κ2) is 10.3. The molecule has 2 aromatic carbocycles. The van der Waals surface area contributed by atoms with Crippen LogP contribution in [0.15, 0.2) is 71.0 Å². The molecule has 0 saturated heterocycles. The van der Waals surface area contributed by atoms with Crippen LogP contribution in [-0.2, 0) is 14.3 Å². The number of nitrogens with one attached hydrogen (secondary N) is 1. The maximum absolute atomic E-state index is 12.1. The van der Waals surface area contributed by atoms with Gasteiger partial charge in [0.05, 0.1) is 6.61 Å². The van der Waals surface area contributed by atoms with Crippen molar-refractivity contribution in [2.24, 2.45) is 0 Å². The van der Waals surface area contributed by atoms with Gasteiger partial charge in [0.2, 0.25) is 0 Å². The largest absolute Gasteiger partial charge is 0.494 e. The first-order valence-electron chi connectivity index (χ1n) is 8.21. The highest BCUT2D eigenvalue weighted by atomic mass is 32.2. The Morgan fingerprint density at radius 2 is 1.81 bits per heavy atom. The Morgan fingerprint density at radius 1 is 1.12 bits per heavy atom. The van der Waals surface area contributed by atoms with Crippen LogP contribution in [0, 0.1) is 0 Å². The van der Waals surface area contributed by atoms with E-state index in [-0.39, 0.29) is 0 Å². The summed E-state index contributed by atoms with van der Waals surface area (Å²) >= 11 is 1.40. The third-order valence-electron chi connectivity index (χ3n) is 3.25. The van der Waals surface area contributed by atoms with E-state index in [1.807, 2.05) is 37.3 Å². The smallest absolute Gasteiger partial charge is 0.332 e. The maximum Gasteiger partial charge on any atom is 0.332 e. The molecule has 1 atom stereocenters. The summed E-state index contributed by atoms with van der Waals surface area (Å²) in [5, 5.41) is 4.33. The Kier molecular flexibility index (Phi) is 7.76. The number of carbonyl (C=O) groups excluding carboxylic acids is 2. The fourth-order valence-corrected chi connectivity index (χ4v) is 2.63. The minimum Gasteiger partial charge on any atom is -0.494 e. The van der Waals surface area contributed by atoms with Gasteiger partial charge in [0, 0.05) is 16.7 Å². The zero-order chi connectivity index (χ0) is 18.8. The molecule has 6 heteroatoms. The van der Waals surface area contributed by atoms with Crippen molar-refractivity contribution in [1.29, 1.82) is 0 Å². The molecule has 0 unspecified atom stereocenters. The molecule has 0 fully saturated rings. The van der Waals surface area contributed by atoms with E-state index in [4.69, 9.17) is 9.47 Å². The van der Waals surface area contributed by atoms with Gasteiger partial charge in [0.15, 0.2) is 6.10 Å². The van der Waals surface area contributed by atoms with Gasteiger partial charge in [-0.25, -0.2) is 4.79 Å². The Labute approximate surface area is 157 Å². The molecule has 0 radical (unpaired) electrons. The number of hydrogen-bond donors (Lipinski definition) is 1. The average molecular weight is 371 g/mol. The maximum atomic E-state index is 12.1. The fourth-order valence-electron chi connectivity index (χ4n) is 1.98. The minimum absolute atomic E-state index is 0.397. The summed E-state index contributed by atoms with van der Waals surface area (Å²) in [5.74, 6) is -0.236. The van der Waals surface area contributed by atoms with Gasteiger partial charge in [0.25, 0.3) is 5.91 Å². The number of ether oxygens (including phenoxy) is 2. The van der Waals surface area contributed by atoms with Gasteiger partial charge in [0.1, 0.15) is 5.75 Å². The molecule has 26 heavy (non-hydrogen) atoms. The van der Waals surface area contributed by atoms with E-state index >= 15 is 0 Å². The van der Waals surface area contributed by atoms with E-state index in [0.29, 0.717) is 12.3 Å². The monoisotopic (exact) mass is 371 g/mol.